The van der Waals surface area contributed by atoms with Crippen LogP contribution in [-0.4, -0.2) is 19.3 Å². The highest BCUT2D eigenvalue weighted by molar-refractivity contribution is 6.09. The van der Waals surface area contributed by atoms with Crippen molar-refractivity contribution in [2.24, 2.45) is 20.5 Å². The maximum absolute atomic E-state index is 4.69. The summed E-state index contributed by atoms with van der Waals surface area (Å²) in [7, 11) is 1.95. The quantitative estimate of drug-likeness (QED) is 0.210. The van der Waals surface area contributed by atoms with Gasteiger partial charge in [-0.25, -0.2) is 0 Å². The molecular formula is C30H27N7. The van der Waals surface area contributed by atoms with Gasteiger partial charge in [-0.05, 0) is 56.4 Å². The number of anilines is 2. The zero-order valence-corrected chi connectivity index (χ0v) is 20.7. The SMILES string of the molecule is CNCC1(C)Nc2cccc3c(N=Nc4ccc(N=Nc5ccccc5)c5ccccc45)ccc(c23)N1. The van der Waals surface area contributed by atoms with E-state index >= 15 is 0 Å². The van der Waals surface area contributed by atoms with Gasteiger partial charge in [-0.2, -0.15) is 5.11 Å². The normalized spacial score (nSPS) is 16.9. The molecule has 1 aliphatic rings. The van der Waals surface area contributed by atoms with Crippen LogP contribution >= 0.6 is 0 Å². The van der Waals surface area contributed by atoms with Crippen molar-refractivity contribution in [2.45, 2.75) is 12.6 Å². The summed E-state index contributed by atoms with van der Waals surface area (Å²) in [6.45, 7) is 2.92. The number of benzene rings is 5. The molecule has 0 amide bonds. The molecule has 0 spiro atoms. The van der Waals surface area contributed by atoms with Crippen molar-refractivity contribution in [3.8, 4) is 0 Å². The van der Waals surface area contributed by atoms with Gasteiger partial charge in [0.05, 0.1) is 22.7 Å². The molecule has 5 aromatic rings. The first kappa shape index (κ1) is 22.8. The van der Waals surface area contributed by atoms with Gasteiger partial charge in [0.2, 0.25) is 0 Å². The first-order valence-corrected chi connectivity index (χ1v) is 12.3. The minimum absolute atomic E-state index is 0.280. The van der Waals surface area contributed by atoms with Crippen molar-refractivity contribution >= 4 is 55.7 Å². The Balaban J connectivity index is 1.36. The van der Waals surface area contributed by atoms with Crippen LogP contribution in [0.5, 0.6) is 0 Å². The lowest BCUT2D eigenvalue weighted by Crippen LogP contribution is -2.51. The number of fused-ring (bicyclic) bond motifs is 1. The van der Waals surface area contributed by atoms with Crippen LogP contribution in [0.4, 0.5) is 34.1 Å². The van der Waals surface area contributed by atoms with Crippen LogP contribution in [0, 0.1) is 0 Å². The number of likely N-dealkylation sites (N-methyl/N-ethyl adjacent to an activating group) is 1. The molecule has 182 valence electrons. The Labute approximate surface area is 215 Å². The molecule has 0 bridgehead atoms. The Kier molecular flexibility index (Phi) is 5.82. The van der Waals surface area contributed by atoms with Gasteiger partial charge in [0.25, 0.3) is 0 Å². The Morgan fingerprint density at radius 1 is 0.595 bits per heavy atom. The molecule has 1 unspecified atom stereocenters. The van der Waals surface area contributed by atoms with E-state index in [-0.39, 0.29) is 5.66 Å². The molecule has 7 nitrogen and oxygen atoms in total. The molecule has 0 aliphatic carbocycles. The van der Waals surface area contributed by atoms with E-state index in [1.807, 2.05) is 79.8 Å². The van der Waals surface area contributed by atoms with Crippen LogP contribution in [-0.2, 0) is 0 Å². The molecular weight excluding hydrogens is 458 g/mol. The molecule has 0 fully saturated rings. The number of azo groups is 2. The highest BCUT2D eigenvalue weighted by Crippen LogP contribution is 2.42. The van der Waals surface area contributed by atoms with E-state index in [9.17, 15) is 0 Å². The van der Waals surface area contributed by atoms with E-state index in [1.54, 1.807) is 0 Å². The van der Waals surface area contributed by atoms with E-state index < -0.39 is 0 Å². The zero-order valence-electron chi connectivity index (χ0n) is 20.7. The molecule has 1 aliphatic heterocycles. The highest BCUT2D eigenvalue weighted by atomic mass is 15.2. The Bertz CT molecular complexity index is 1650. The van der Waals surface area contributed by atoms with Gasteiger partial charge < -0.3 is 16.0 Å². The molecule has 0 aromatic heterocycles. The monoisotopic (exact) mass is 485 g/mol. The van der Waals surface area contributed by atoms with Crippen LogP contribution in [0.15, 0.2) is 118 Å². The standard InChI is InChI=1S/C30H27N7/c1-30(19-31-2)32-27-14-8-13-23-26(17-18-28(33-30)29(23)27)37-36-25-16-15-24(21-11-6-7-12-22(21)25)35-34-20-9-4-3-5-10-20/h3-18,31-33H,19H2,1-2H3. The van der Waals surface area contributed by atoms with Crippen LogP contribution in [0.2, 0.25) is 0 Å². The molecule has 0 saturated heterocycles. The third kappa shape index (κ3) is 4.41. The van der Waals surface area contributed by atoms with Gasteiger partial charge in [-0.15, -0.1) is 15.3 Å². The number of hydrogen-bond donors (Lipinski definition) is 3. The van der Waals surface area contributed by atoms with Crippen LogP contribution in [0.3, 0.4) is 0 Å². The lowest BCUT2D eigenvalue weighted by atomic mass is 9.99. The van der Waals surface area contributed by atoms with E-state index in [4.69, 9.17) is 5.11 Å². The first-order valence-electron chi connectivity index (χ1n) is 12.3. The fraction of sp³-hybridized carbons (Fsp3) is 0.133. The van der Waals surface area contributed by atoms with Gasteiger partial charge in [-0.3, -0.25) is 0 Å². The summed E-state index contributed by atoms with van der Waals surface area (Å²) >= 11 is 0. The maximum atomic E-state index is 4.69. The Morgan fingerprint density at radius 3 is 1.81 bits per heavy atom. The summed E-state index contributed by atoms with van der Waals surface area (Å²) < 4.78 is 0. The molecule has 6 rings (SSSR count). The summed E-state index contributed by atoms with van der Waals surface area (Å²) in [4.78, 5) is 0. The van der Waals surface area contributed by atoms with Crippen molar-refractivity contribution in [3.63, 3.8) is 0 Å². The second-order valence-electron chi connectivity index (χ2n) is 9.36. The van der Waals surface area contributed by atoms with Gasteiger partial charge >= 0.3 is 0 Å². The fourth-order valence-electron chi connectivity index (χ4n) is 4.91. The Hall–Kier alpha value is -4.62. The molecule has 7 heteroatoms. The smallest absolute Gasteiger partial charge is 0.118 e. The molecule has 3 N–H and O–H groups in total. The third-order valence-corrected chi connectivity index (χ3v) is 6.54. The van der Waals surface area contributed by atoms with Crippen molar-refractivity contribution < 1.29 is 0 Å². The van der Waals surface area contributed by atoms with E-state index in [1.165, 1.54) is 0 Å². The van der Waals surface area contributed by atoms with Crippen molar-refractivity contribution in [1.29, 1.82) is 0 Å². The predicted octanol–water partition coefficient (Wildman–Crippen LogP) is 8.60. The van der Waals surface area contributed by atoms with Crippen LogP contribution < -0.4 is 16.0 Å². The van der Waals surface area contributed by atoms with Gasteiger partial charge in [0, 0.05) is 39.5 Å². The number of nitrogens with one attached hydrogen (secondary N) is 3. The largest absolute Gasteiger partial charge is 0.361 e. The summed E-state index contributed by atoms with van der Waals surface area (Å²) in [5, 5.41) is 32.9. The van der Waals surface area contributed by atoms with Gasteiger partial charge in [-0.1, -0.05) is 54.6 Å². The third-order valence-electron chi connectivity index (χ3n) is 6.54. The average molecular weight is 486 g/mol. The maximum Gasteiger partial charge on any atom is 0.118 e. The molecule has 0 saturated carbocycles. The molecule has 37 heavy (non-hydrogen) atoms. The van der Waals surface area contributed by atoms with Crippen molar-refractivity contribution in [3.05, 3.63) is 97.1 Å². The number of hydrogen-bond acceptors (Lipinski definition) is 7. The summed E-state index contributed by atoms with van der Waals surface area (Å²) in [6, 6.07) is 32.1. The molecule has 1 atom stereocenters. The summed E-state index contributed by atoms with van der Waals surface area (Å²) in [6.07, 6.45) is 0. The highest BCUT2D eigenvalue weighted by Gasteiger charge is 2.29. The number of rotatable bonds is 6. The summed E-state index contributed by atoms with van der Waals surface area (Å²) in [5.74, 6) is 0. The second-order valence-corrected chi connectivity index (χ2v) is 9.36. The van der Waals surface area contributed by atoms with Crippen LogP contribution in [0.1, 0.15) is 6.92 Å². The number of nitrogens with zero attached hydrogens (tertiary/aromatic N) is 4. The van der Waals surface area contributed by atoms with Gasteiger partial charge in [0.15, 0.2) is 0 Å². The molecule has 1 heterocycles. The minimum Gasteiger partial charge on any atom is -0.361 e. The molecule has 5 aromatic carbocycles. The van der Waals surface area contributed by atoms with E-state index in [0.717, 1.165) is 62.2 Å². The van der Waals surface area contributed by atoms with E-state index in [2.05, 4.69) is 62.5 Å². The second kappa shape index (κ2) is 9.44. The fourth-order valence-corrected chi connectivity index (χ4v) is 4.91. The van der Waals surface area contributed by atoms with Crippen LogP contribution in [0.25, 0.3) is 21.5 Å². The molecule has 0 radical (unpaired) electrons. The van der Waals surface area contributed by atoms with E-state index in [0.29, 0.717) is 0 Å². The average Bonchev–Trinajstić information content (AvgIpc) is 2.92. The van der Waals surface area contributed by atoms with Gasteiger partial charge in [0.1, 0.15) is 5.66 Å². The first-order chi connectivity index (χ1) is 18.1. The topological polar surface area (TPSA) is 85.5 Å². The van der Waals surface area contributed by atoms with Crippen molar-refractivity contribution in [1.82, 2.24) is 5.32 Å². The predicted molar refractivity (Wildman–Crippen MR) is 152 cm³/mol. The lowest BCUT2D eigenvalue weighted by Gasteiger charge is -2.38. The Morgan fingerprint density at radius 2 is 1.14 bits per heavy atom. The lowest BCUT2D eigenvalue weighted by molar-refractivity contribution is 0.543. The minimum atomic E-state index is -0.280. The summed E-state index contributed by atoms with van der Waals surface area (Å²) in [5.41, 5.74) is 5.10. The van der Waals surface area contributed by atoms with Crippen molar-refractivity contribution in [2.75, 3.05) is 24.2 Å². The zero-order chi connectivity index (χ0) is 25.2.